The van der Waals surface area contributed by atoms with Crippen molar-refractivity contribution < 1.29 is 22.7 Å². The molecule has 0 aromatic heterocycles. The lowest BCUT2D eigenvalue weighted by Crippen LogP contribution is -2.19. The number of esters is 1. The minimum atomic E-state index is -3.23. The van der Waals surface area contributed by atoms with Gasteiger partial charge in [-0.3, -0.25) is 0 Å². The molecule has 1 heterocycles. The standard InChI is InChI=1S/C26H28ClNO.C17H14O4S/c1-28(2)19-20-29-24-15-13-23(14-16-24)26(22-11-7-4-8-12-22)25(17-18-27)21-9-5-3-6-10-21;1-22(19,20)14-9-7-12(8-10-14)15-11-21-17(18)16(15)13-5-3-2-4-6-13/h3-16H,17-20H2,1-2H3;2-10H,11H2,1H3/b26-25-;. The Kier molecular flexibility index (Phi) is 13.0. The maximum absolute atomic E-state index is 12.0. The van der Waals surface area contributed by atoms with Gasteiger partial charge in [0.15, 0.2) is 9.84 Å². The van der Waals surface area contributed by atoms with Crippen LogP contribution in [0.4, 0.5) is 0 Å². The van der Waals surface area contributed by atoms with E-state index in [-0.39, 0.29) is 17.5 Å². The lowest BCUT2D eigenvalue weighted by atomic mass is 9.88. The predicted molar refractivity (Wildman–Crippen MR) is 208 cm³/mol. The molecule has 0 fully saturated rings. The monoisotopic (exact) mass is 719 g/mol. The summed E-state index contributed by atoms with van der Waals surface area (Å²) in [5.74, 6) is 1.11. The summed E-state index contributed by atoms with van der Waals surface area (Å²) < 4.78 is 34.0. The van der Waals surface area contributed by atoms with Crippen molar-refractivity contribution >= 4 is 49.7 Å². The number of nitrogens with zero attached hydrogens (tertiary/aromatic N) is 1. The molecule has 262 valence electrons. The van der Waals surface area contributed by atoms with Gasteiger partial charge in [0.1, 0.15) is 19.0 Å². The third kappa shape index (κ3) is 10.1. The van der Waals surface area contributed by atoms with Crippen molar-refractivity contribution in [2.45, 2.75) is 11.3 Å². The van der Waals surface area contributed by atoms with Crippen molar-refractivity contribution in [1.82, 2.24) is 4.90 Å². The highest BCUT2D eigenvalue weighted by Crippen LogP contribution is 2.36. The van der Waals surface area contributed by atoms with Gasteiger partial charge in [-0.2, -0.15) is 0 Å². The molecule has 0 amide bonds. The Bertz CT molecular complexity index is 2060. The molecular formula is C43H42ClNO5S. The van der Waals surface area contributed by atoms with E-state index < -0.39 is 9.84 Å². The van der Waals surface area contributed by atoms with E-state index in [4.69, 9.17) is 21.1 Å². The van der Waals surface area contributed by atoms with Crippen LogP contribution in [0.3, 0.4) is 0 Å². The molecule has 6 rings (SSSR count). The number of hydrogen-bond acceptors (Lipinski definition) is 6. The first-order valence-electron chi connectivity index (χ1n) is 16.7. The molecule has 6 nitrogen and oxygen atoms in total. The van der Waals surface area contributed by atoms with Crippen molar-refractivity contribution in [3.63, 3.8) is 0 Å². The molecule has 0 spiro atoms. The van der Waals surface area contributed by atoms with Crippen LogP contribution in [0.25, 0.3) is 22.3 Å². The van der Waals surface area contributed by atoms with Crippen LogP contribution < -0.4 is 4.74 Å². The molecule has 0 saturated carbocycles. The van der Waals surface area contributed by atoms with Crippen molar-refractivity contribution in [2.24, 2.45) is 0 Å². The molecule has 5 aromatic carbocycles. The van der Waals surface area contributed by atoms with Crippen LogP contribution in [0, 0.1) is 0 Å². The molecule has 1 aliphatic rings. The van der Waals surface area contributed by atoms with Gasteiger partial charge in [0.2, 0.25) is 0 Å². The van der Waals surface area contributed by atoms with Crippen LogP contribution in [0.15, 0.2) is 144 Å². The number of hydrogen-bond donors (Lipinski definition) is 0. The third-order valence-electron chi connectivity index (χ3n) is 8.33. The normalized spacial score (nSPS) is 13.3. The van der Waals surface area contributed by atoms with Crippen LogP contribution in [0.1, 0.15) is 34.2 Å². The zero-order chi connectivity index (χ0) is 36.2. The fourth-order valence-electron chi connectivity index (χ4n) is 5.76. The number of allylic oxidation sites excluding steroid dienone is 1. The fourth-order valence-corrected chi connectivity index (χ4v) is 6.58. The Morgan fingerprint density at radius 2 is 1.27 bits per heavy atom. The zero-order valence-electron chi connectivity index (χ0n) is 29.1. The summed E-state index contributed by atoms with van der Waals surface area (Å²) in [5.41, 5.74) is 8.94. The van der Waals surface area contributed by atoms with Gasteiger partial charge >= 0.3 is 5.97 Å². The van der Waals surface area contributed by atoms with Crippen molar-refractivity contribution in [1.29, 1.82) is 0 Å². The summed E-state index contributed by atoms with van der Waals surface area (Å²) >= 11 is 6.21. The summed E-state index contributed by atoms with van der Waals surface area (Å²) in [6.45, 7) is 1.77. The van der Waals surface area contributed by atoms with Crippen LogP contribution in [0.2, 0.25) is 0 Å². The highest BCUT2D eigenvalue weighted by atomic mass is 35.5. The lowest BCUT2D eigenvalue weighted by Gasteiger charge is -2.17. The minimum absolute atomic E-state index is 0.196. The Hall–Kier alpha value is -4.95. The number of likely N-dealkylation sites (N-methyl/N-ethyl adjacent to an activating group) is 1. The van der Waals surface area contributed by atoms with Gasteiger partial charge in [0.25, 0.3) is 0 Å². The number of cyclic esters (lactones) is 1. The molecular weight excluding hydrogens is 678 g/mol. The SMILES string of the molecule is CN(C)CCOc1ccc(/C(=C(/CCCl)c2ccccc2)c2ccccc2)cc1.CS(=O)(=O)c1ccc(C2=C(c3ccccc3)C(=O)OC2)cc1. The summed E-state index contributed by atoms with van der Waals surface area (Å²) in [5, 5.41) is 0. The van der Waals surface area contributed by atoms with Crippen LogP contribution >= 0.6 is 11.6 Å². The van der Waals surface area contributed by atoms with Gasteiger partial charge in [0, 0.05) is 24.3 Å². The van der Waals surface area contributed by atoms with E-state index >= 15 is 0 Å². The van der Waals surface area contributed by atoms with E-state index in [9.17, 15) is 13.2 Å². The molecule has 1 aliphatic heterocycles. The topological polar surface area (TPSA) is 72.9 Å². The quantitative estimate of drug-likeness (QED) is 0.0730. The van der Waals surface area contributed by atoms with Crippen LogP contribution in [-0.4, -0.2) is 65.3 Å². The second kappa shape index (κ2) is 17.8. The van der Waals surface area contributed by atoms with Gasteiger partial charge in [-0.15, -0.1) is 11.6 Å². The maximum atomic E-state index is 12.0. The van der Waals surface area contributed by atoms with Gasteiger partial charge in [-0.25, -0.2) is 13.2 Å². The molecule has 8 heteroatoms. The summed E-state index contributed by atoms with van der Waals surface area (Å²) in [7, 11) is 0.860. The second-order valence-electron chi connectivity index (χ2n) is 12.3. The fraction of sp³-hybridized carbons (Fsp3) is 0.186. The first-order valence-corrected chi connectivity index (χ1v) is 19.1. The minimum Gasteiger partial charge on any atom is -0.492 e. The molecule has 5 aromatic rings. The molecule has 0 unspecified atom stereocenters. The average Bonchev–Trinajstić information content (AvgIpc) is 3.54. The number of benzene rings is 5. The van der Waals surface area contributed by atoms with Crippen molar-refractivity contribution in [3.8, 4) is 5.75 Å². The highest BCUT2D eigenvalue weighted by molar-refractivity contribution is 7.90. The largest absolute Gasteiger partial charge is 0.492 e. The Morgan fingerprint density at radius 3 is 1.82 bits per heavy atom. The summed E-state index contributed by atoms with van der Waals surface area (Å²) in [6, 6.07) is 45.2. The zero-order valence-corrected chi connectivity index (χ0v) is 30.7. The number of ether oxygens (including phenoxy) is 2. The van der Waals surface area contributed by atoms with Gasteiger partial charge in [0.05, 0.1) is 10.5 Å². The van der Waals surface area contributed by atoms with E-state index in [1.165, 1.54) is 34.1 Å². The van der Waals surface area contributed by atoms with Crippen LogP contribution in [0.5, 0.6) is 5.75 Å². The van der Waals surface area contributed by atoms with E-state index in [0.717, 1.165) is 35.4 Å². The van der Waals surface area contributed by atoms with Gasteiger partial charge in [-0.05, 0) is 83.7 Å². The first kappa shape index (κ1) is 37.3. The van der Waals surface area contributed by atoms with E-state index in [1.807, 2.05) is 56.6 Å². The molecule has 51 heavy (non-hydrogen) atoms. The van der Waals surface area contributed by atoms with Gasteiger partial charge in [-0.1, -0.05) is 115 Å². The lowest BCUT2D eigenvalue weighted by molar-refractivity contribution is -0.133. The van der Waals surface area contributed by atoms with Gasteiger partial charge < -0.3 is 14.4 Å². The summed E-state index contributed by atoms with van der Waals surface area (Å²) in [4.78, 5) is 14.4. The van der Waals surface area contributed by atoms with E-state index in [1.54, 1.807) is 24.3 Å². The van der Waals surface area contributed by atoms with E-state index in [2.05, 4.69) is 77.7 Å². The molecule has 0 bridgehead atoms. The average molecular weight is 720 g/mol. The smallest absolute Gasteiger partial charge is 0.339 e. The third-order valence-corrected chi connectivity index (χ3v) is 9.65. The maximum Gasteiger partial charge on any atom is 0.339 e. The molecule has 0 saturated heterocycles. The number of carbonyl (C=O) groups excluding carboxylic acids is 1. The number of halogens is 1. The summed E-state index contributed by atoms with van der Waals surface area (Å²) in [6.07, 6.45) is 1.97. The Balaban J connectivity index is 0.000000205. The second-order valence-corrected chi connectivity index (χ2v) is 14.7. The Labute approximate surface area is 306 Å². The Morgan fingerprint density at radius 1 is 0.725 bits per heavy atom. The number of carbonyl (C=O) groups is 1. The number of rotatable bonds is 12. The van der Waals surface area contributed by atoms with E-state index in [0.29, 0.717) is 18.1 Å². The molecule has 0 atom stereocenters. The molecule has 0 N–H and O–H groups in total. The number of alkyl halides is 1. The predicted octanol–water partition coefficient (Wildman–Crippen LogP) is 8.77. The first-order chi connectivity index (χ1) is 24.7. The molecule has 0 aliphatic carbocycles. The highest BCUT2D eigenvalue weighted by Gasteiger charge is 2.27. The van der Waals surface area contributed by atoms with Crippen molar-refractivity contribution in [2.75, 3.05) is 46.0 Å². The van der Waals surface area contributed by atoms with Crippen LogP contribution in [-0.2, 0) is 19.4 Å². The number of sulfone groups is 1. The molecule has 0 radical (unpaired) electrons. The van der Waals surface area contributed by atoms with Crippen molar-refractivity contribution in [3.05, 3.63) is 167 Å².